The number of nitrogens with zero attached hydrogens (tertiary/aromatic N) is 1. The fraction of sp³-hybridized carbons (Fsp3) is 0.200. The van der Waals surface area contributed by atoms with E-state index in [9.17, 15) is 4.79 Å². The van der Waals surface area contributed by atoms with Gasteiger partial charge < -0.3 is 18.8 Å². The molecule has 2 rings (SSSR count). The number of furan rings is 1. The number of carboxylic acids is 1. The lowest BCUT2D eigenvalue weighted by Gasteiger charge is -1.94. The summed E-state index contributed by atoms with van der Waals surface area (Å²) >= 11 is 0. The highest BCUT2D eigenvalue weighted by Gasteiger charge is 2.09. The first-order chi connectivity index (χ1) is 7.75. The Bertz CT molecular complexity index is 459. The standard InChI is InChI=1S/C10H9NO5/c12-10(13)6-14-5-7-4-9(16-11-7)8-2-1-3-15-8/h1-4H,5-6H2,(H,12,13). The predicted molar refractivity (Wildman–Crippen MR) is 51.5 cm³/mol. The highest BCUT2D eigenvalue weighted by Crippen LogP contribution is 2.20. The highest BCUT2D eigenvalue weighted by atomic mass is 16.5. The highest BCUT2D eigenvalue weighted by molar-refractivity contribution is 5.67. The smallest absolute Gasteiger partial charge is 0.329 e. The summed E-state index contributed by atoms with van der Waals surface area (Å²) in [6, 6.07) is 5.11. The zero-order valence-electron chi connectivity index (χ0n) is 8.25. The van der Waals surface area contributed by atoms with Crippen molar-refractivity contribution in [2.45, 2.75) is 6.61 Å². The van der Waals surface area contributed by atoms with Gasteiger partial charge >= 0.3 is 5.97 Å². The first-order valence-corrected chi connectivity index (χ1v) is 4.55. The van der Waals surface area contributed by atoms with Gasteiger partial charge in [0.15, 0.2) is 5.76 Å². The monoisotopic (exact) mass is 223 g/mol. The van der Waals surface area contributed by atoms with Crippen molar-refractivity contribution >= 4 is 5.97 Å². The molecular weight excluding hydrogens is 214 g/mol. The summed E-state index contributed by atoms with van der Waals surface area (Å²) < 4.78 is 15.0. The van der Waals surface area contributed by atoms with E-state index in [2.05, 4.69) is 5.16 Å². The molecule has 0 fully saturated rings. The van der Waals surface area contributed by atoms with Crippen molar-refractivity contribution < 1.29 is 23.6 Å². The molecule has 6 heteroatoms. The summed E-state index contributed by atoms with van der Waals surface area (Å²) in [6.45, 7) is -0.264. The van der Waals surface area contributed by atoms with E-state index in [1.165, 1.54) is 6.26 Å². The Morgan fingerprint density at radius 3 is 3.06 bits per heavy atom. The molecule has 0 amide bonds. The number of hydrogen-bond acceptors (Lipinski definition) is 5. The van der Waals surface area contributed by atoms with Crippen LogP contribution in [0.25, 0.3) is 11.5 Å². The van der Waals surface area contributed by atoms with Gasteiger partial charge in [0.1, 0.15) is 12.3 Å². The van der Waals surface area contributed by atoms with Crippen LogP contribution in [0.2, 0.25) is 0 Å². The third-order valence-corrected chi connectivity index (χ3v) is 1.80. The van der Waals surface area contributed by atoms with Crippen LogP contribution >= 0.6 is 0 Å². The lowest BCUT2D eigenvalue weighted by Crippen LogP contribution is -2.06. The van der Waals surface area contributed by atoms with Gasteiger partial charge in [-0.05, 0) is 12.1 Å². The Hall–Kier alpha value is -2.08. The van der Waals surface area contributed by atoms with E-state index in [1.807, 2.05) is 0 Å². The van der Waals surface area contributed by atoms with Crippen LogP contribution in [-0.2, 0) is 16.1 Å². The van der Waals surface area contributed by atoms with Crippen molar-refractivity contribution in [1.82, 2.24) is 5.16 Å². The molecule has 2 heterocycles. The summed E-state index contributed by atoms with van der Waals surface area (Å²) in [6.07, 6.45) is 1.53. The molecule has 0 bridgehead atoms. The van der Waals surface area contributed by atoms with Gasteiger partial charge in [0, 0.05) is 6.07 Å². The number of hydrogen-bond donors (Lipinski definition) is 1. The van der Waals surface area contributed by atoms with Gasteiger partial charge in [0.25, 0.3) is 0 Å². The number of carbonyl (C=O) groups is 1. The summed E-state index contributed by atoms with van der Waals surface area (Å²) in [5.41, 5.74) is 0.521. The maximum absolute atomic E-state index is 10.2. The van der Waals surface area contributed by atoms with Crippen molar-refractivity contribution in [3.63, 3.8) is 0 Å². The van der Waals surface area contributed by atoms with Gasteiger partial charge in [0.05, 0.1) is 12.9 Å². The van der Waals surface area contributed by atoms with Crippen LogP contribution < -0.4 is 0 Å². The second-order valence-electron chi connectivity index (χ2n) is 3.05. The molecule has 2 aromatic heterocycles. The summed E-state index contributed by atoms with van der Waals surface area (Å²) in [4.78, 5) is 10.2. The minimum atomic E-state index is -1.02. The lowest BCUT2D eigenvalue weighted by molar-refractivity contribution is -0.142. The molecule has 0 saturated heterocycles. The lowest BCUT2D eigenvalue weighted by atomic mass is 10.3. The number of carboxylic acid groups (broad SMARTS) is 1. The van der Waals surface area contributed by atoms with Gasteiger partial charge in [-0.2, -0.15) is 0 Å². The van der Waals surface area contributed by atoms with Gasteiger partial charge in [-0.25, -0.2) is 4.79 Å². The van der Waals surface area contributed by atoms with E-state index in [0.717, 1.165) is 0 Å². The number of aromatic nitrogens is 1. The number of aliphatic carboxylic acids is 1. The van der Waals surface area contributed by atoms with Gasteiger partial charge in [0.2, 0.25) is 5.76 Å². The molecule has 0 aliphatic carbocycles. The van der Waals surface area contributed by atoms with Gasteiger partial charge in [-0.15, -0.1) is 0 Å². The Morgan fingerprint density at radius 2 is 2.38 bits per heavy atom. The van der Waals surface area contributed by atoms with Crippen LogP contribution in [0.15, 0.2) is 33.4 Å². The van der Waals surface area contributed by atoms with Crippen LogP contribution in [0.5, 0.6) is 0 Å². The molecule has 2 aromatic rings. The molecular formula is C10H9NO5. The molecule has 0 unspecified atom stereocenters. The molecule has 6 nitrogen and oxygen atoms in total. The molecule has 0 spiro atoms. The molecule has 0 aromatic carbocycles. The first kappa shape index (κ1) is 10.4. The van der Waals surface area contributed by atoms with Crippen LogP contribution in [-0.4, -0.2) is 22.8 Å². The van der Waals surface area contributed by atoms with Crippen LogP contribution in [0, 0.1) is 0 Å². The third kappa shape index (κ3) is 2.48. The van der Waals surface area contributed by atoms with Crippen molar-refractivity contribution in [2.75, 3.05) is 6.61 Å². The average Bonchev–Trinajstić information content (AvgIpc) is 2.85. The molecule has 0 aliphatic heterocycles. The number of ether oxygens (including phenoxy) is 1. The topological polar surface area (TPSA) is 85.7 Å². The second kappa shape index (κ2) is 4.63. The van der Waals surface area contributed by atoms with E-state index >= 15 is 0 Å². The van der Waals surface area contributed by atoms with Crippen molar-refractivity contribution in [3.05, 3.63) is 30.2 Å². The molecule has 0 radical (unpaired) electrons. The van der Waals surface area contributed by atoms with Crippen LogP contribution in [0.1, 0.15) is 5.69 Å². The Morgan fingerprint density at radius 1 is 1.50 bits per heavy atom. The van der Waals surface area contributed by atoms with Gasteiger partial charge in [-0.3, -0.25) is 0 Å². The predicted octanol–water partition coefficient (Wildman–Crippen LogP) is 1.54. The average molecular weight is 223 g/mol. The van der Waals surface area contributed by atoms with Crippen molar-refractivity contribution in [3.8, 4) is 11.5 Å². The number of rotatable bonds is 5. The third-order valence-electron chi connectivity index (χ3n) is 1.80. The fourth-order valence-electron chi connectivity index (χ4n) is 1.16. The van der Waals surface area contributed by atoms with E-state index in [1.54, 1.807) is 18.2 Å². The fourth-order valence-corrected chi connectivity index (χ4v) is 1.16. The molecule has 0 aliphatic rings. The van der Waals surface area contributed by atoms with E-state index < -0.39 is 5.97 Å². The normalized spacial score (nSPS) is 10.5. The quantitative estimate of drug-likeness (QED) is 0.827. The summed E-state index contributed by atoms with van der Waals surface area (Å²) in [7, 11) is 0. The SMILES string of the molecule is O=C(O)COCc1cc(-c2ccco2)on1. The maximum atomic E-state index is 10.2. The van der Waals surface area contributed by atoms with Crippen molar-refractivity contribution in [1.29, 1.82) is 0 Å². The van der Waals surface area contributed by atoms with Gasteiger partial charge in [-0.1, -0.05) is 5.16 Å². The molecule has 0 atom stereocenters. The van der Waals surface area contributed by atoms with E-state index in [0.29, 0.717) is 17.2 Å². The van der Waals surface area contributed by atoms with Crippen molar-refractivity contribution in [2.24, 2.45) is 0 Å². The molecule has 16 heavy (non-hydrogen) atoms. The van der Waals surface area contributed by atoms with E-state index in [4.69, 9.17) is 18.8 Å². The Labute approximate surface area is 90.4 Å². The minimum absolute atomic E-state index is 0.0938. The molecule has 0 saturated carbocycles. The zero-order chi connectivity index (χ0) is 11.4. The molecule has 1 N–H and O–H groups in total. The first-order valence-electron chi connectivity index (χ1n) is 4.55. The second-order valence-corrected chi connectivity index (χ2v) is 3.05. The Kier molecular flexibility index (Phi) is 3.02. The largest absolute Gasteiger partial charge is 0.480 e. The summed E-state index contributed by atoms with van der Waals surface area (Å²) in [5.74, 6) is 0.0330. The van der Waals surface area contributed by atoms with E-state index in [-0.39, 0.29) is 13.2 Å². The molecule has 84 valence electrons. The maximum Gasteiger partial charge on any atom is 0.329 e. The van der Waals surface area contributed by atoms with Crippen LogP contribution in [0.4, 0.5) is 0 Å². The minimum Gasteiger partial charge on any atom is -0.480 e. The summed E-state index contributed by atoms with van der Waals surface area (Å²) in [5, 5.41) is 12.1. The zero-order valence-corrected chi connectivity index (χ0v) is 8.25. The van der Waals surface area contributed by atoms with Crippen LogP contribution in [0.3, 0.4) is 0 Å². The Balaban J connectivity index is 1.95.